The van der Waals surface area contributed by atoms with Gasteiger partial charge in [-0.1, -0.05) is 79.7 Å². The molecule has 0 aliphatic carbocycles. The van der Waals surface area contributed by atoms with Crippen LogP contribution in [0, 0.1) is 5.82 Å². The molecular formula is C24H27Cl2FN4OS. The van der Waals surface area contributed by atoms with E-state index in [1.165, 1.54) is 36.7 Å². The van der Waals surface area contributed by atoms with Crippen LogP contribution >= 0.6 is 35.0 Å². The molecule has 3 rings (SSSR count). The maximum Gasteiger partial charge on any atom is 0.220 e. The summed E-state index contributed by atoms with van der Waals surface area (Å²) in [4.78, 5) is 12.3. The van der Waals surface area contributed by atoms with Gasteiger partial charge < -0.3 is 5.32 Å². The Hall–Kier alpha value is -2.09. The summed E-state index contributed by atoms with van der Waals surface area (Å²) in [5.41, 5.74) is 1.59. The van der Waals surface area contributed by atoms with Gasteiger partial charge >= 0.3 is 0 Å². The van der Waals surface area contributed by atoms with Crippen LogP contribution in [-0.2, 0) is 17.1 Å². The van der Waals surface area contributed by atoms with E-state index in [9.17, 15) is 9.18 Å². The molecule has 0 aliphatic heterocycles. The highest BCUT2D eigenvalue weighted by Crippen LogP contribution is 2.31. The van der Waals surface area contributed by atoms with Crippen molar-refractivity contribution in [3.63, 3.8) is 0 Å². The van der Waals surface area contributed by atoms with Crippen molar-refractivity contribution in [2.45, 2.75) is 62.9 Å². The van der Waals surface area contributed by atoms with Crippen LogP contribution in [-0.4, -0.2) is 20.7 Å². The zero-order valence-corrected chi connectivity index (χ0v) is 20.8. The summed E-state index contributed by atoms with van der Waals surface area (Å²) in [6.07, 6.45) is 5.94. The summed E-state index contributed by atoms with van der Waals surface area (Å²) in [5.74, 6) is 0.834. The molecule has 0 fully saturated rings. The molecular weight excluding hydrogens is 482 g/mol. The van der Waals surface area contributed by atoms with Crippen LogP contribution in [0.1, 0.15) is 56.8 Å². The number of carbonyl (C=O) groups excluding carboxylic acids is 1. The van der Waals surface area contributed by atoms with Gasteiger partial charge in [0.25, 0.3) is 0 Å². The summed E-state index contributed by atoms with van der Waals surface area (Å²) < 4.78 is 15.0. The fourth-order valence-corrected chi connectivity index (χ4v) is 4.58. The van der Waals surface area contributed by atoms with Gasteiger partial charge in [-0.25, -0.2) is 4.39 Å². The molecule has 1 N–H and O–H groups in total. The highest BCUT2D eigenvalue weighted by molar-refractivity contribution is 7.98. The van der Waals surface area contributed by atoms with Gasteiger partial charge in [0.1, 0.15) is 5.82 Å². The predicted octanol–water partition coefficient (Wildman–Crippen LogP) is 6.98. The lowest BCUT2D eigenvalue weighted by molar-refractivity contribution is -0.121. The Balaban J connectivity index is 1.73. The summed E-state index contributed by atoms with van der Waals surface area (Å²) in [6.45, 7) is 2.39. The number of nitrogens with one attached hydrogen (secondary N) is 1. The second-order valence-electron chi connectivity index (χ2n) is 7.69. The van der Waals surface area contributed by atoms with Crippen LogP contribution in [0.15, 0.2) is 47.6 Å². The number of carbonyl (C=O) groups is 1. The molecule has 1 amide bonds. The SMILES string of the molecule is CCCCCCCC(=O)NCc1nnc(SCc2ccc(F)cc2)n1-c1cc(Cl)ccc1Cl. The molecule has 0 saturated carbocycles. The number of rotatable bonds is 12. The molecule has 9 heteroatoms. The topological polar surface area (TPSA) is 59.8 Å². The molecule has 2 aromatic carbocycles. The van der Waals surface area contributed by atoms with Crippen molar-refractivity contribution in [1.82, 2.24) is 20.1 Å². The molecule has 3 aromatic rings. The van der Waals surface area contributed by atoms with Gasteiger partial charge in [0.15, 0.2) is 11.0 Å². The minimum absolute atomic E-state index is 0.0150. The third-order valence-corrected chi connectivity index (χ3v) is 6.64. The van der Waals surface area contributed by atoms with Crippen LogP contribution in [0.3, 0.4) is 0 Å². The number of hydrogen-bond acceptors (Lipinski definition) is 4. The van der Waals surface area contributed by atoms with Crippen molar-refractivity contribution in [2.24, 2.45) is 0 Å². The van der Waals surface area contributed by atoms with E-state index in [2.05, 4.69) is 22.4 Å². The van der Waals surface area contributed by atoms with Gasteiger partial charge in [-0.15, -0.1) is 10.2 Å². The highest BCUT2D eigenvalue weighted by atomic mass is 35.5. The van der Waals surface area contributed by atoms with E-state index in [0.717, 1.165) is 24.8 Å². The second kappa shape index (κ2) is 13.0. The van der Waals surface area contributed by atoms with Crippen molar-refractivity contribution < 1.29 is 9.18 Å². The zero-order chi connectivity index (χ0) is 23.6. The first-order chi connectivity index (χ1) is 16.0. The van der Waals surface area contributed by atoms with Gasteiger partial charge in [0, 0.05) is 17.2 Å². The molecule has 0 aliphatic rings. The van der Waals surface area contributed by atoms with E-state index >= 15 is 0 Å². The first-order valence-electron chi connectivity index (χ1n) is 11.0. The second-order valence-corrected chi connectivity index (χ2v) is 9.47. The van der Waals surface area contributed by atoms with Crippen LogP contribution < -0.4 is 5.32 Å². The zero-order valence-electron chi connectivity index (χ0n) is 18.5. The predicted molar refractivity (Wildman–Crippen MR) is 133 cm³/mol. The number of unbranched alkanes of at least 4 members (excludes halogenated alkanes) is 4. The van der Waals surface area contributed by atoms with E-state index in [-0.39, 0.29) is 18.3 Å². The molecule has 1 heterocycles. The molecule has 1 aromatic heterocycles. The van der Waals surface area contributed by atoms with Crippen molar-refractivity contribution in [3.05, 3.63) is 69.7 Å². The highest BCUT2D eigenvalue weighted by Gasteiger charge is 2.18. The fourth-order valence-electron chi connectivity index (χ4n) is 3.29. The Kier molecular flexibility index (Phi) is 10.0. The third-order valence-electron chi connectivity index (χ3n) is 5.08. The van der Waals surface area contributed by atoms with E-state index in [1.807, 2.05) is 4.57 Å². The Labute approximate surface area is 208 Å². The lowest BCUT2D eigenvalue weighted by Crippen LogP contribution is -2.24. The van der Waals surface area contributed by atoms with Gasteiger partial charge in [-0.3, -0.25) is 9.36 Å². The quantitative estimate of drug-likeness (QED) is 0.211. The Bertz CT molecular complexity index is 1060. The fraction of sp³-hybridized carbons (Fsp3) is 0.375. The van der Waals surface area contributed by atoms with Crippen LogP contribution in [0.5, 0.6) is 0 Å². The Morgan fingerprint density at radius 3 is 2.58 bits per heavy atom. The van der Waals surface area contributed by atoms with Gasteiger partial charge in [-0.05, 0) is 42.3 Å². The molecule has 0 atom stereocenters. The largest absolute Gasteiger partial charge is 0.349 e. The van der Waals surface area contributed by atoms with Crippen molar-refractivity contribution >= 4 is 40.9 Å². The average Bonchev–Trinajstić information content (AvgIpc) is 3.21. The van der Waals surface area contributed by atoms with Crippen molar-refractivity contribution in [1.29, 1.82) is 0 Å². The normalized spacial score (nSPS) is 11.0. The number of benzene rings is 2. The minimum Gasteiger partial charge on any atom is -0.349 e. The molecule has 0 spiro atoms. The molecule has 5 nitrogen and oxygen atoms in total. The van der Waals surface area contributed by atoms with Crippen LogP contribution in [0.25, 0.3) is 5.69 Å². The standard InChI is InChI=1S/C24H27Cl2FN4OS/c1-2-3-4-5-6-7-23(32)28-15-22-29-30-24(33-16-17-8-11-19(27)12-9-17)31(22)21-14-18(25)10-13-20(21)26/h8-14H,2-7,15-16H2,1H3,(H,28,32). The van der Waals surface area contributed by atoms with Gasteiger partial charge in [0.05, 0.1) is 17.3 Å². The molecule has 0 saturated heterocycles. The minimum atomic E-state index is -0.277. The summed E-state index contributed by atoms with van der Waals surface area (Å²) in [6, 6.07) is 11.5. The number of hydrogen-bond donors (Lipinski definition) is 1. The first-order valence-corrected chi connectivity index (χ1v) is 12.8. The van der Waals surface area contributed by atoms with Crippen molar-refractivity contribution in [3.8, 4) is 5.69 Å². The molecule has 176 valence electrons. The Morgan fingerprint density at radius 1 is 1.06 bits per heavy atom. The smallest absolute Gasteiger partial charge is 0.220 e. The number of amides is 1. The summed E-state index contributed by atoms with van der Waals surface area (Å²) in [7, 11) is 0. The molecule has 0 unspecified atom stereocenters. The molecule has 0 bridgehead atoms. The van der Waals surface area contributed by atoms with E-state index in [1.54, 1.807) is 30.3 Å². The number of thioether (sulfide) groups is 1. The third kappa shape index (κ3) is 7.73. The van der Waals surface area contributed by atoms with Crippen LogP contribution in [0.4, 0.5) is 4.39 Å². The Morgan fingerprint density at radius 2 is 1.82 bits per heavy atom. The van der Waals surface area contributed by atoms with Gasteiger partial charge in [-0.2, -0.15) is 0 Å². The lowest BCUT2D eigenvalue weighted by atomic mass is 10.1. The number of nitrogens with zero attached hydrogens (tertiary/aromatic N) is 3. The number of halogens is 3. The molecule has 33 heavy (non-hydrogen) atoms. The summed E-state index contributed by atoms with van der Waals surface area (Å²) in [5, 5.41) is 13.2. The van der Waals surface area contributed by atoms with E-state index < -0.39 is 0 Å². The first kappa shape index (κ1) is 25.5. The summed E-state index contributed by atoms with van der Waals surface area (Å²) >= 11 is 14.1. The maximum absolute atomic E-state index is 13.2. The van der Waals surface area contributed by atoms with Crippen molar-refractivity contribution in [2.75, 3.05) is 0 Å². The maximum atomic E-state index is 13.2. The van der Waals surface area contributed by atoms with E-state index in [4.69, 9.17) is 23.2 Å². The molecule has 0 radical (unpaired) electrons. The average molecular weight is 509 g/mol. The van der Waals surface area contributed by atoms with Gasteiger partial charge in [0.2, 0.25) is 5.91 Å². The monoisotopic (exact) mass is 508 g/mol. The number of aromatic nitrogens is 3. The lowest BCUT2D eigenvalue weighted by Gasteiger charge is -2.13. The van der Waals surface area contributed by atoms with Crippen LogP contribution in [0.2, 0.25) is 10.0 Å². The van der Waals surface area contributed by atoms with E-state index in [0.29, 0.717) is 38.9 Å².